The molecule has 2 atom stereocenters. The van der Waals surface area contributed by atoms with Crippen molar-refractivity contribution in [3.05, 3.63) is 39.9 Å². The van der Waals surface area contributed by atoms with E-state index >= 15 is 0 Å². The van der Waals surface area contributed by atoms with Gasteiger partial charge in [0.05, 0.1) is 17.6 Å². The van der Waals surface area contributed by atoms with Crippen molar-refractivity contribution in [2.45, 2.75) is 44.9 Å². The number of hydrogen-bond donors (Lipinski definition) is 1. The second-order valence-electron chi connectivity index (χ2n) is 7.38. The van der Waals surface area contributed by atoms with E-state index in [1.807, 2.05) is 0 Å². The fourth-order valence-corrected chi connectivity index (χ4v) is 2.67. The minimum absolute atomic E-state index is 0.0254. The largest absolute Gasteiger partial charge is 0.456 e. The van der Waals surface area contributed by atoms with Gasteiger partial charge in [0.1, 0.15) is 11.6 Å². The zero-order chi connectivity index (χ0) is 21.1. The predicted molar refractivity (Wildman–Crippen MR) is 95.7 cm³/mol. The van der Waals surface area contributed by atoms with Crippen LogP contribution < -0.4 is 0 Å². The third-order valence-corrected chi connectivity index (χ3v) is 3.90. The fourth-order valence-electron chi connectivity index (χ4n) is 2.67. The second kappa shape index (κ2) is 8.34. The van der Waals surface area contributed by atoms with Gasteiger partial charge in [-0.05, 0) is 20.8 Å². The predicted octanol–water partition coefficient (Wildman–Crippen LogP) is 1.69. The summed E-state index contributed by atoms with van der Waals surface area (Å²) in [6, 6.07) is 3.97. The van der Waals surface area contributed by atoms with Crippen molar-refractivity contribution in [2.24, 2.45) is 0 Å². The van der Waals surface area contributed by atoms with Gasteiger partial charge in [-0.1, -0.05) is 12.1 Å². The number of Topliss-reactive ketones (excluding diaryl/α,β-unsaturated/α-hetero) is 1. The molecule has 10 heteroatoms. The Balaban J connectivity index is 2.01. The zero-order valence-corrected chi connectivity index (χ0v) is 15.8. The summed E-state index contributed by atoms with van der Waals surface area (Å²) in [5.41, 5.74) is -1.01. The van der Waals surface area contributed by atoms with Crippen LogP contribution in [-0.4, -0.2) is 63.7 Å². The maximum atomic E-state index is 12.3. The summed E-state index contributed by atoms with van der Waals surface area (Å²) in [5.74, 6) is -1.49. The molecule has 152 valence electrons. The van der Waals surface area contributed by atoms with Crippen LogP contribution in [0.1, 0.15) is 37.6 Å². The molecule has 1 aliphatic heterocycles. The van der Waals surface area contributed by atoms with Gasteiger partial charge in [-0.2, -0.15) is 0 Å². The standard InChI is InChI=1S/C18H22N2O8/c1-18(2,3)28-17(24)19-9-13(21)8-14(19)16(23)27-10-15(22)11-5-4-6-12(7-11)20(25)26/h4-7,13-14,21H,8-10H2,1-3H3/t13-,14-/m1/s1. The Kier molecular flexibility index (Phi) is 6.34. The number of likely N-dealkylation sites (tertiary alicyclic amines) is 1. The van der Waals surface area contributed by atoms with Gasteiger partial charge >= 0.3 is 12.1 Å². The van der Waals surface area contributed by atoms with Gasteiger partial charge in [0.2, 0.25) is 5.78 Å². The Bertz CT molecular complexity index is 786. The first-order valence-electron chi connectivity index (χ1n) is 8.60. The SMILES string of the molecule is CC(C)(C)OC(=O)N1C[C@H](O)C[C@@H]1C(=O)OCC(=O)c1cccc([N+](=O)[O-])c1. The van der Waals surface area contributed by atoms with E-state index in [-0.39, 0.29) is 24.2 Å². The van der Waals surface area contributed by atoms with Crippen LogP contribution in [0.25, 0.3) is 0 Å². The number of nitro groups is 1. The highest BCUT2D eigenvalue weighted by molar-refractivity contribution is 5.98. The fraction of sp³-hybridized carbons (Fsp3) is 0.500. The molecule has 1 amide bonds. The Morgan fingerprint density at radius 2 is 2.00 bits per heavy atom. The number of nitrogens with zero attached hydrogens (tertiary/aromatic N) is 2. The lowest BCUT2D eigenvalue weighted by molar-refractivity contribution is -0.384. The van der Waals surface area contributed by atoms with E-state index in [4.69, 9.17) is 9.47 Å². The van der Waals surface area contributed by atoms with Crippen LogP contribution in [-0.2, 0) is 14.3 Å². The van der Waals surface area contributed by atoms with E-state index < -0.39 is 47.1 Å². The molecule has 28 heavy (non-hydrogen) atoms. The Morgan fingerprint density at radius 3 is 2.61 bits per heavy atom. The molecule has 0 unspecified atom stereocenters. The van der Waals surface area contributed by atoms with Crippen LogP contribution >= 0.6 is 0 Å². The number of esters is 1. The lowest BCUT2D eigenvalue weighted by atomic mass is 10.1. The third-order valence-electron chi connectivity index (χ3n) is 3.90. The normalized spacial score (nSPS) is 19.2. The molecule has 1 saturated heterocycles. The molecule has 0 aromatic heterocycles. The number of aliphatic hydroxyl groups is 1. The number of benzene rings is 1. The number of non-ortho nitro benzene ring substituents is 1. The number of nitro benzene ring substituents is 1. The van der Waals surface area contributed by atoms with E-state index in [0.717, 1.165) is 11.0 Å². The first kappa shape index (κ1) is 21.3. The molecule has 0 bridgehead atoms. The Morgan fingerprint density at radius 1 is 1.32 bits per heavy atom. The maximum absolute atomic E-state index is 12.3. The zero-order valence-electron chi connectivity index (χ0n) is 15.8. The van der Waals surface area contributed by atoms with Crippen LogP contribution in [0, 0.1) is 10.1 Å². The smallest absolute Gasteiger partial charge is 0.411 e. The summed E-state index contributed by atoms with van der Waals surface area (Å²) in [7, 11) is 0. The van der Waals surface area contributed by atoms with E-state index in [1.165, 1.54) is 18.2 Å². The number of hydrogen-bond acceptors (Lipinski definition) is 8. The molecule has 1 aromatic carbocycles. The highest BCUT2D eigenvalue weighted by Crippen LogP contribution is 2.22. The number of aliphatic hydroxyl groups excluding tert-OH is 1. The van der Waals surface area contributed by atoms with Crippen LogP contribution in [0.2, 0.25) is 0 Å². The van der Waals surface area contributed by atoms with Crippen molar-refractivity contribution in [2.75, 3.05) is 13.2 Å². The van der Waals surface area contributed by atoms with Crippen molar-refractivity contribution in [3.63, 3.8) is 0 Å². The molecule has 10 nitrogen and oxygen atoms in total. The summed E-state index contributed by atoms with van der Waals surface area (Å²) >= 11 is 0. The molecule has 1 aromatic rings. The van der Waals surface area contributed by atoms with Crippen molar-refractivity contribution < 1.29 is 33.9 Å². The maximum Gasteiger partial charge on any atom is 0.411 e. The van der Waals surface area contributed by atoms with Crippen LogP contribution in [0.4, 0.5) is 10.5 Å². The number of carbonyl (C=O) groups is 3. The van der Waals surface area contributed by atoms with Crippen LogP contribution in [0.15, 0.2) is 24.3 Å². The van der Waals surface area contributed by atoms with Gasteiger partial charge in [-0.25, -0.2) is 9.59 Å². The second-order valence-corrected chi connectivity index (χ2v) is 7.38. The minimum atomic E-state index is -1.08. The molecule has 0 aliphatic carbocycles. The van der Waals surface area contributed by atoms with Gasteiger partial charge in [0.25, 0.3) is 5.69 Å². The van der Waals surface area contributed by atoms with E-state index in [9.17, 15) is 29.6 Å². The van der Waals surface area contributed by atoms with Gasteiger partial charge in [0.15, 0.2) is 6.61 Å². The van der Waals surface area contributed by atoms with Gasteiger partial charge in [-0.15, -0.1) is 0 Å². The summed E-state index contributed by atoms with van der Waals surface area (Å²) in [6.45, 7) is 4.27. The molecule has 1 aliphatic rings. The van der Waals surface area contributed by atoms with Crippen LogP contribution in [0.5, 0.6) is 0 Å². The van der Waals surface area contributed by atoms with E-state index in [1.54, 1.807) is 20.8 Å². The number of β-amino-alcohol motifs (C(OH)–C–C–N with tert-alkyl or cyclic N) is 1. The topological polar surface area (TPSA) is 136 Å². The molecule has 0 spiro atoms. The molecule has 1 heterocycles. The average Bonchev–Trinajstić information content (AvgIpc) is 3.00. The van der Waals surface area contributed by atoms with Gasteiger partial charge in [-0.3, -0.25) is 19.8 Å². The number of rotatable bonds is 5. The van der Waals surface area contributed by atoms with Crippen LogP contribution in [0.3, 0.4) is 0 Å². The third kappa shape index (κ3) is 5.49. The Hall–Kier alpha value is -3.01. The summed E-state index contributed by atoms with van der Waals surface area (Å²) in [6.07, 6.45) is -1.73. The Labute approximate surface area is 161 Å². The van der Waals surface area contributed by atoms with Crippen molar-refractivity contribution in [1.29, 1.82) is 0 Å². The highest BCUT2D eigenvalue weighted by Gasteiger charge is 2.42. The molecule has 1 N–H and O–H groups in total. The highest BCUT2D eigenvalue weighted by atomic mass is 16.6. The molecule has 0 saturated carbocycles. The molecular formula is C18H22N2O8. The average molecular weight is 394 g/mol. The number of amides is 1. The first-order valence-corrected chi connectivity index (χ1v) is 8.60. The van der Waals surface area contributed by atoms with E-state index in [0.29, 0.717) is 0 Å². The molecular weight excluding hydrogens is 372 g/mol. The van der Waals surface area contributed by atoms with Gasteiger partial charge in [0, 0.05) is 24.1 Å². The van der Waals surface area contributed by atoms with Crippen molar-refractivity contribution in [3.8, 4) is 0 Å². The number of carbonyl (C=O) groups excluding carboxylic acids is 3. The number of ether oxygens (including phenoxy) is 2. The lowest BCUT2D eigenvalue weighted by Crippen LogP contribution is -2.44. The first-order chi connectivity index (χ1) is 13.0. The quantitative estimate of drug-likeness (QED) is 0.345. The van der Waals surface area contributed by atoms with Gasteiger partial charge < -0.3 is 14.6 Å². The molecule has 0 radical (unpaired) electrons. The van der Waals surface area contributed by atoms with Crippen molar-refractivity contribution in [1.82, 2.24) is 4.90 Å². The van der Waals surface area contributed by atoms with E-state index in [2.05, 4.69) is 0 Å². The summed E-state index contributed by atoms with van der Waals surface area (Å²) < 4.78 is 10.2. The monoisotopic (exact) mass is 394 g/mol. The number of ketones is 1. The molecule has 2 rings (SSSR count). The molecule has 1 fully saturated rings. The minimum Gasteiger partial charge on any atom is -0.456 e. The summed E-state index contributed by atoms with van der Waals surface area (Å²) in [5, 5.41) is 20.6. The lowest BCUT2D eigenvalue weighted by Gasteiger charge is -2.27. The summed E-state index contributed by atoms with van der Waals surface area (Å²) in [4.78, 5) is 47.9. The van der Waals surface area contributed by atoms with Crippen molar-refractivity contribution >= 4 is 23.5 Å².